The zero-order valence-electron chi connectivity index (χ0n) is 13.4. The molecule has 1 aromatic rings. The molecule has 114 valence electrons. The normalized spacial score (nSPS) is 21.8. The van der Waals surface area contributed by atoms with E-state index in [1.54, 1.807) is 0 Å². The molecule has 2 rings (SSSR count). The molecular weight excluding hydrogens is 262 g/mol. The second-order valence-corrected chi connectivity index (χ2v) is 5.81. The number of aromatic nitrogens is 2. The predicted octanol–water partition coefficient (Wildman–Crippen LogP) is 3.82. The van der Waals surface area contributed by atoms with E-state index in [4.69, 9.17) is 4.74 Å². The molecule has 0 aliphatic heterocycles. The van der Waals surface area contributed by atoms with E-state index >= 15 is 0 Å². The maximum absolute atomic E-state index is 9.48. The van der Waals surface area contributed by atoms with Crippen molar-refractivity contribution in [1.29, 1.82) is 5.26 Å². The van der Waals surface area contributed by atoms with Gasteiger partial charge in [-0.2, -0.15) is 10.4 Å². The van der Waals surface area contributed by atoms with E-state index in [0.717, 1.165) is 42.9 Å². The molecule has 1 heterocycles. The van der Waals surface area contributed by atoms with E-state index < -0.39 is 0 Å². The summed E-state index contributed by atoms with van der Waals surface area (Å²) in [6, 6.07) is 2.28. The minimum absolute atomic E-state index is 0.183. The molecule has 4 nitrogen and oxygen atoms in total. The topological polar surface area (TPSA) is 58.8 Å². The highest BCUT2D eigenvalue weighted by atomic mass is 16.5. The monoisotopic (exact) mass is 287 g/mol. The molecule has 0 radical (unpaired) electrons. The van der Waals surface area contributed by atoms with Gasteiger partial charge in [-0.1, -0.05) is 33.6 Å². The summed E-state index contributed by atoms with van der Waals surface area (Å²) in [5.41, 5.74) is 2.49. The van der Waals surface area contributed by atoms with Crippen LogP contribution in [0.1, 0.15) is 69.7 Å². The third-order valence-corrected chi connectivity index (χ3v) is 4.52. The number of hydrogen-bond donors (Lipinski definition) is 0. The molecule has 0 N–H and O–H groups in total. The minimum Gasteiger partial charge on any atom is -0.472 e. The van der Waals surface area contributed by atoms with Gasteiger partial charge in [0.2, 0.25) is 0 Å². The zero-order valence-corrected chi connectivity index (χ0v) is 13.4. The van der Waals surface area contributed by atoms with Gasteiger partial charge in [-0.25, -0.2) is 0 Å². The van der Waals surface area contributed by atoms with Crippen molar-refractivity contribution in [3.05, 3.63) is 16.8 Å². The summed E-state index contributed by atoms with van der Waals surface area (Å²) in [6.45, 7) is 6.32. The lowest BCUT2D eigenvalue weighted by atomic mass is 9.85. The second-order valence-electron chi connectivity index (χ2n) is 5.81. The smallest absolute Gasteiger partial charge is 0.252 e. The standard InChI is InChI=1S/C17H25N3O/c1-4-12-8-7-9-13(10-12)21-17-15(11-18)14(5-2)16(6-3)19-20-17/h12-13H,4-10H2,1-3H3. The van der Waals surface area contributed by atoms with E-state index in [2.05, 4.69) is 30.1 Å². The van der Waals surface area contributed by atoms with Gasteiger partial charge in [0.1, 0.15) is 17.7 Å². The second kappa shape index (κ2) is 7.40. The first-order chi connectivity index (χ1) is 10.2. The Morgan fingerprint density at radius 3 is 2.62 bits per heavy atom. The van der Waals surface area contributed by atoms with Crippen LogP contribution in [0, 0.1) is 17.2 Å². The van der Waals surface area contributed by atoms with Crippen molar-refractivity contribution in [3.8, 4) is 11.9 Å². The molecular formula is C17H25N3O. The lowest BCUT2D eigenvalue weighted by Gasteiger charge is -2.28. The lowest BCUT2D eigenvalue weighted by molar-refractivity contribution is 0.115. The molecule has 0 saturated heterocycles. The van der Waals surface area contributed by atoms with Gasteiger partial charge in [-0.3, -0.25) is 0 Å². The number of nitrogens with zero attached hydrogens (tertiary/aromatic N) is 3. The predicted molar refractivity (Wildman–Crippen MR) is 82.2 cm³/mol. The van der Waals surface area contributed by atoms with Crippen LogP contribution in [0.25, 0.3) is 0 Å². The Labute approximate surface area is 127 Å². The van der Waals surface area contributed by atoms with E-state index in [9.17, 15) is 5.26 Å². The van der Waals surface area contributed by atoms with Crippen LogP contribution >= 0.6 is 0 Å². The first-order valence-electron chi connectivity index (χ1n) is 8.18. The molecule has 2 unspecified atom stereocenters. The van der Waals surface area contributed by atoms with Crippen LogP contribution in [0.4, 0.5) is 0 Å². The number of rotatable bonds is 5. The molecule has 0 amide bonds. The van der Waals surface area contributed by atoms with Crippen molar-refractivity contribution in [2.45, 2.75) is 71.8 Å². The molecule has 1 aliphatic rings. The fourth-order valence-corrected chi connectivity index (χ4v) is 3.23. The fraction of sp³-hybridized carbons (Fsp3) is 0.706. The van der Waals surface area contributed by atoms with E-state index in [1.807, 2.05) is 6.92 Å². The number of nitriles is 1. The van der Waals surface area contributed by atoms with Crippen LogP contribution in [0.2, 0.25) is 0 Å². The average Bonchev–Trinajstić information content (AvgIpc) is 2.54. The van der Waals surface area contributed by atoms with E-state index in [1.165, 1.54) is 19.3 Å². The Bertz CT molecular complexity index is 522. The van der Waals surface area contributed by atoms with Gasteiger partial charge in [0.25, 0.3) is 5.88 Å². The van der Waals surface area contributed by atoms with Gasteiger partial charge >= 0.3 is 0 Å². The highest BCUT2D eigenvalue weighted by molar-refractivity contribution is 5.46. The molecule has 4 heteroatoms. The summed E-state index contributed by atoms with van der Waals surface area (Å²) in [7, 11) is 0. The summed E-state index contributed by atoms with van der Waals surface area (Å²) in [6.07, 6.45) is 7.59. The summed E-state index contributed by atoms with van der Waals surface area (Å²) in [5, 5.41) is 17.9. The van der Waals surface area contributed by atoms with Crippen molar-refractivity contribution in [2.75, 3.05) is 0 Å². The van der Waals surface area contributed by atoms with Gasteiger partial charge in [0.05, 0.1) is 5.69 Å². The maximum Gasteiger partial charge on any atom is 0.252 e. The summed E-state index contributed by atoms with van der Waals surface area (Å²) in [5.74, 6) is 1.18. The third-order valence-electron chi connectivity index (χ3n) is 4.52. The van der Waals surface area contributed by atoms with Gasteiger partial charge in [-0.15, -0.1) is 5.10 Å². The zero-order chi connectivity index (χ0) is 15.2. The van der Waals surface area contributed by atoms with E-state index in [0.29, 0.717) is 11.4 Å². The Hall–Kier alpha value is -1.63. The molecule has 1 saturated carbocycles. The number of aryl methyl sites for hydroxylation is 1. The van der Waals surface area contributed by atoms with Crippen LogP contribution in [0.3, 0.4) is 0 Å². The Balaban J connectivity index is 2.22. The minimum atomic E-state index is 0.183. The summed E-state index contributed by atoms with van der Waals surface area (Å²) in [4.78, 5) is 0. The van der Waals surface area contributed by atoms with Gasteiger partial charge in [0.15, 0.2) is 0 Å². The Morgan fingerprint density at radius 1 is 1.19 bits per heavy atom. The molecule has 0 spiro atoms. The van der Waals surface area contributed by atoms with Crippen molar-refractivity contribution < 1.29 is 4.74 Å². The maximum atomic E-state index is 9.48. The average molecular weight is 287 g/mol. The largest absolute Gasteiger partial charge is 0.472 e. The Morgan fingerprint density at radius 2 is 2.00 bits per heavy atom. The van der Waals surface area contributed by atoms with Crippen molar-refractivity contribution >= 4 is 0 Å². The van der Waals surface area contributed by atoms with Crippen molar-refractivity contribution in [3.63, 3.8) is 0 Å². The summed E-state index contributed by atoms with van der Waals surface area (Å²) >= 11 is 0. The van der Waals surface area contributed by atoms with Gasteiger partial charge in [0, 0.05) is 0 Å². The molecule has 1 fully saturated rings. The van der Waals surface area contributed by atoms with Crippen LogP contribution in [-0.4, -0.2) is 16.3 Å². The first kappa shape index (κ1) is 15.8. The van der Waals surface area contributed by atoms with Crippen LogP contribution < -0.4 is 4.74 Å². The van der Waals surface area contributed by atoms with Crippen LogP contribution in [-0.2, 0) is 12.8 Å². The molecule has 1 aliphatic carbocycles. The molecule has 1 aromatic heterocycles. The van der Waals surface area contributed by atoms with E-state index in [-0.39, 0.29) is 6.10 Å². The van der Waals surface area contributed by atoms with Crippen LogP contribution in [0.15, 0.2) is 0 Å². The first-order valence-corrected chi connectivity index (χ1v) is 8.18. The Kier molecular flexibility index (Phi) is 5.55. The van der Waals surface area contributed by atoms with Crippen molar-refractivity contribution in [2.24, 2.45) is 5.92 Å². The molecule has 0 bridgehead atoms. The SMILES string of the molecule is CCc1nnc(OC2CCCC(CC)C2)c(C#N)c1CC. The fourth-order valence-electron chi connectivity index (χ4n) is 3.23. The highest BCUT2D eigenvalue weighted by Crippen LogP contribution is 2.31. The van der Waals surface area contributed by atoms with Crippen molar-refractivity contribution in [1.82, 2.24) is 10.2 Å². The van der Waals surface area contributed by atoms with Gasteiger partial charge in [-0.05, 0) is 43.6 Å². The quantitative estimate of drug-likeness (QED) is 0.826. The molecule has 2 atom stereocenters. The third kappa shape index (κ3) is 3.53. The molecule has 0 aromatic carbocycles. The van der Waals surface area contributed by atoms with Gasteiger partial charge < -0.3 is 4.74 Å². The van der Waals surface area contributed by atoms with Crippen LogP contribution in [0.5, 0.6) is 5.88 Å². The molecule has 21 heavy (non-hydrogen) atoms. The highest BCUT2D eigenvalue weighted by Gasteiger charge is 2.24. The lowest BCUT2D eigenvalue weighted by Crippen LogP contribution is -2.26. The number of ether oxygens (including phenoxy) is 1. The summed E-state index contributed by atoms with van der Waals surface area (Å²) < 4.78 is 6.06. The number of hydrogen-bond acceptors (Lipinski definition) is 4.